The summed E-state index contributed by atoms with van der Waals surface area (Å²) in [5.74, 6) is 1.57. The summed E-state index contributed by atoms with van der Waals surface area (Å²) in [6, 6.07) is 5.82. The first kappa shape index (κ1) is 12.2. The molecular formula is C13H20N2O2. The molecule has 4 heteroatoms. The van der Waals surface area contributed by atoms with Crippen LogP contribution in [0, 0.1) is 5.41 Å². The number of nitrogens with two attached hydrogens (primary N) is 2. The second-order valence-electron chi connectivity index (χ2n) is 5.12. The largest absolute Gasteiger partial charge is 0.454 e. The Labute approximate surface area is 102 Å². The number of ether oxygens (including phenoxy) is 2. The minimum atomic E-state index is -0.0550. The highest BCUT2D eigenvalue weighted by Gasteiger charge is 2.28. The fourth-order valence-electron chi connectivity index (χ4n) is 2.09. The zero-order valence-electron chi connectivity index (χ0n) is 10.4. The average Bonchev–Trinajstić information content (AvgIpc) is 2.74. The van der Waals surface area contributed by atoms with Gasteiger partial charge in [0.1, 0.15) is 0 Å². The first-order chi connectivity index (χ1) is 8.04. The van der Waals surface area contributed by atoms with Crippen LogP contribution < -0.4 is 20.9 Å². The first-order valence-corrected chi connectivity index (χ1v) is 5.90. The Balaban J connectivity index is 2.22. The third-order valence-corrected chi connectivity index (χ3v) is 3.39. The van der Waals surface area contributed by atoms with Gasteiger partial charge in [-0.25, -0.2) is 0 Å². The van der Waals surface area contributed by atoms with Gasteiger partial charge in [-0.1, -0.05) is 19.9 Å². The quantitative estimate of drug-likeness (QED) is 0.836. The summed E-state index contributed by atoms with van der Waals surface area (Å²) in [6.07, 6.45) is 0.891. The number of rotatable bonds is 4. The van der Waals surface area contributed by atoms with Crippen molar-refractivity contribution in [2.45, 2.75) is 26.3 Å². The Morgan fingerprint density at radius 3 is 2.71 bits per heavy atom. The van der Waals surface area contributed by atoms with E-state index in [1.165, 1.54) is 0 Å². The van der Waals surface area contributed by atoms with Gasteiger partial charge in [0.25, 0.3) is 0 Å². The molecule has 0 aliphatic carbocycles. The van der Waals surface area contributed by atoms with Crippen molar-refractivity contribution in [3.05, 3.63) is 23.8 Å². The molecule has 1 aliphatic heterocycles. The lowest BCUT2D eigenvalue weighted by atomic mass is 9.78. The summed E-state index contributed by atoms with van der Waals surface area (Å²) < 4.78 is 10.6. The van der Waals surface area contributed by atoms with Crippen molar-refractivity contribution in [1.82, 2.24) is 0 Å². The fraction of sp³-hybridized carbons (Fsp3) is 0.538. The SMILES string of the molecule is CC(C)(CCN)C(N)c1ccc2c(c1)OCO2. The molecule has 0 aromatic heterocycles. The number of hydrogen-bond donors (Lipinski definition) is 2. The van der Waals surface area contributed by atoms with Crippen LogP contribution in [-0.2, 0) is 0 Å². The maximum atomic E-state index is 6.30. The predicted octanol–water partition coefficient (Wildman–Crippen LogP) is 1.79. The van der Waals surface area contributed by atoms with Crippen LogP contribution in [0.2, 0.25) is 0 Å². The van der Waals surface area contributed by atoms with E-state index in [1.54, 1.807) is 0 Å². The van der Waals surface area contributed by atoms with E-state index in [9.17, 15) is 0 Å². The molecule has 4 nitrogen and oxygen atoms in total. The molecule has 1 atom stereocenters. The number of hydrogen-bond acceptors (Lipinski definition) is 4. The van der Waals surface area contributed by atoms with Crippen molar-refractivity contribution in [2.24, 2.45) is 16.9 Å². The zero-order chi connectivity index (χ0) is 12.5. The van der Waals surface area contributed by atoms with Crippen molar-refractivity contribution < 1.29 is 9.47 Å². The third kappa shape index (κ3) is 2.37. The van der Waals surface area contributed by atoms with Gasteiger partial charge in [0, 0.05) is 6.04 Å². The Kier molecular flexibility index (Phi) is 3.26. The van der Waals surface area contributed by atoms with Gasteiger partial charge >= 0.3 is 0 Å². The van der Waals surface area contributed by atoms with E-state index in [2.05, 4.69) is 13.8 Å². The highest BCUT2D eigenvalue weighted by atomic mass is 16.7. The Bertz CT molecular complexity index is 404. The lowest BCUT2D eigenvalue weighted by molar-refractivity contribution is 0.174. The highest BCUT2D eigenvalue weighted by Crippen LogP contribution is 2.39. The molecule has 1 aromatic rings. The van der Waals surface area contributed by atoms with E-state index < -0.39 is 0 Å². The van der Waals surface area contributed by atoms with Gasteiger partial charge in [-0.2, -0.15) is 0 Å². The Morgan fingerprint density at radius 1 is 1.29 bits per heavy atom. The van der Waals surface area contributed by atoms with Gasteiger partial charge in [0.05, 0.1) is 0 Å². The van der Waals surface area contributed by atoms with Crippen LogP contribution in [0.5, 0.6) is 11.5 Å². The highest BCUT2D eigenvalue weighted by molar-refractivity contribution is 5.45. The maximum absolute atomic E-state index is 6.30. The van der Waals surface area contributed by atoms with Crippen molar-refractivity contribution >= 4 is 0 Å². The standard InChI is InChI=1S/C13H20N2O2/c1-13(2,5-6-14)12(15)9-3-4-10-11(7-9)17-8-16-10/h3-4,7,12H,5-6,8,14-15H2,1-2H3. The summed E-state index contributed by atoms with van der Waals surface area (Å²) in [7, 11) is 0. The molecule has 94 valence electrons. The van der Waals surface area contributed by atoms with Crippen molar-refractivity contribution in [2.75, 3.05) is 13.3 Å². The molecule has 0 saturated carbocycles. The zero-order valence-corrected chi connectivity index (χ0v) is 10.4. The van der Waals surface area contributed by atoms with Crippen LogP contribution in [0.15, 0.2) is 18.2 Å². The normalized spacial score (nSPS) is 16.0. The molecule has 1 aliphatic rings. The van der Waals surface area contributed by atoms with Crippen LogP contribution in [0.25, 0.3) is 0 Å². The van der Waals surface area contributed by atoms with E-state index in [0.717, 1.165) is 23.5 Å². The molecule has 0 spiro atoms. The van der Waals surface area contributed by atoms with Crippen LogP contribution in [0.1, 0.15) is 31.9 Å². The van der Waals surface area contributed by atoms with E-state index >= 15 is 0 Å². The lowest BCUT2D eigenvalue weighted by Crippen LogP contribution is -2.31. The number of fused-ring (bicyclic) bond motifs is 1. The summed E-state index contributed by atoms with van der Waals surface area (Å²) >= 11 is 0. The topological polar surface area (TPSA) is 70.5 Å². The molecule has 4 N–H and O–H groups in total. The second-order valence-corrected chi connectivity index (χ2v) is 5.12. The van der Waals surface area contributed by atoms with Crippen LogP contribution in [0.4, 0.5) is 0 Å². The van der Waals surface area contributed by atoms with Crippen molar-refractivity contribution in [3.63, 3.8) is 0 Å². The molecule has 1 aromatic carbocycles. The van der Waals surface area contributed by atoms with Gasteiger partial charge in [-0.15, -0.1) is 0 Å². The smallest absolute Gasteiger partial charge is 0.231 e. The first-order valence-electron chi connectivity index (χ1n) is 5.90. The molecule has 0 fully saturated rings. The van der Waals surface area contributed by atoms with Gasteiger partial charge in [-0.05, 0) is 36.1 Å². The summed E-state index contributed by atoms with van der Waals surface area (Å²) in [5.41, 5.74) is 13.0. The van der Waals surface area contributed by atoms with E-state index in [-0.39, 0.29) is 11.5 Å². The minimum absolute atomic E-state index is 0.0253. The van der Waals surface area contributed by atoms with E-state index in [0.29, 0.717) is 13.3 Å². The molecular weight excluding hydrogens is 216 g/mol. The van der Waals surface area contributed by atoms with Gasteiger partial charge in [0.2, 0.25) is 6.79 Å². The van der Waals surface area contributed by atoms with Crippen LogP contribution in [0.3, 0.4) is 0 Å². The van der Waals surface area contributed by atoms with Gasteiger partial charge in [-0.3, -0.25) is 0 Å². The summed E-state index contributed by atoms with van der Waals surface area (Å²) in [4.78, 5) is 0. The van der Waals surface area contributed by atoms with E-state index in [4.69, 9.17) is 20.9 Å². The molecule has 17 heavy (non-hydrogen) atoms. The average molecular weight is 236 g/mol. The summed E-state index contributed by atoms with van der Waals surface area (Å²) in [6.45, 7) is 5.20. The molecule has 0 saturated heterocycles. The van der Waals surface area contributed by atoms with Gasteiger partial charge < -0.3 is 20.9 Å². The molecule has 1 unspecified atom stereocenters. The van der Waals surface area contributed by atoms with Crippen molar-refractivity contribution in [1.29, 1.82) is 0 Å². The molecule has 0 radical (unpaired) electrons. The molecule has 2 rings (SSSR count). The predicted molar refractivity (Wildman–Crippen MR) is 66.9 cm³/mol. The van der Waals surface area contributed by atoms with Crippen LogP contribution >= 0.6 is 0 Å². The Morgan fingerprint density at radius 2 is 2.00 bits per heavy atom. The number of benzene rings is 1. The third-order valence-electron chi connectivity index (χ3n) is 3.39. The Hall–Kier alpha value is -1.26. The van der Waals surface area contributed by atoms with Crippen molar-refractivity contribution in [3.8, 4) is 11.5 Å². The summed E-state index contributed by atoms with van der Waals surface area (Å²) in [5, 5.41) is 0. The second kappa shape index (κ2) is 4.55. The molecule has 1 heterocycles. The minimum Gasteiger partial charge on any atom is -0.454 e. The molecule has 0 amide bonds. The maximum Gasteiger partial charge on any atom is 0.231 e. The van der Waals surface area contributed by atoms with Crippen LogP contribution in [-0.4, -0.2) is 13.3 Å². The fourth-order valence-corrected chi connectivity index (χ4v) is 2.09. The van der Waals surface area contributed by atoms with Gasteiger partial charge in [0.15, 0.2) is 11.5 Å². The monoisotopic (exact) mass is 236 g/mol. The molecule has 0 bridgehead atoms. The lowest BCUT2D eigenvalue weighted by Gasteiger charge is -2.31. The van der Waals surface area contributed by atoms with E-state index in [1.807, 2.05) is 18.2 Å².